The van der Waals surface area contributed by atoms with Crippen molar-refractivity contribution in [2.75, 3.05) is 26.7 Å². The van der Waals surface area contributed by atoms with Crippen molar-refractivity contribution >= 4 is 11.8 Å². The van der Waals surface area contributed by atoms with Gasteiger partial charge in [-0.05, 0) is 55.8 Å². The van der Waals surface area contributed by atoms with E-state index in [9.17, 15) is 9.59 Å². The Hall–Kier alpha value is -1.95. The number of likely N-dealkylation sites (tertiary alicyclic amines) is 1. The van der Waals surface area contributed by atoms with Crippen molar-refractivity contribution in [3.05, 3.63) is 30.1 Å². The summed E-state index contributed by atoms with van der Waals surface area (Å²) in [7, 11) is 1.84. The molecule has 27 heavy (non-hydrogen) atoms. The molecular formula is C21H32N4O2. The summed E-state index contributed by atoms with van der Waals surface area (Å²) in [5.41, 5.74) is 1.18. The van der Waals surface area contributed by atoms with Crippen molar-refractivity contribution in [3.63, 3.8) is 0 Å². The van der Waals surface area contributed by atoms with E-state index in [2.05, 4.69) is 22.1 Å². The Morgan fingerprint density at radius 2 is 2.15 bits per heavy atom. The number of nitrogens with one attached hydrogen (secondary N) is 1. The van der Waals surface area contributed by atoms with Gasteiger partial charge in [0.15, 0.2) is 0 Å². The highest BCUT2D eigenvalue weighted by molar-refractivity contribution is 5.79. The first-order chi connectivity index (χ1) is 13.1. The molecule has 1 N–H and O–H groups in total. The standard InChI is InChI=1S/C21H32N4O2/c1-3-11-25-15-18(13-17-14-19(26)4-5-20(17)25)23-21(27)24(2)12-8-16-6-9-22-10-7-16/h6-7,9-10,17-18,20H,3-5,8,11-15H2,1-2H3,(H,23,27)/t17-,18+,20-/m1/s1. The Balaban J connectivity index is 1.53. The molecule has 1 aliphatic carbocycles. The number of carbonyl (C=O) groups is 2. The lowest BCUT2D eigenvalue weighted by molar-refractivity contribution is -0.124. The summed E-state index contributed by atoms with van der Waals surface area (Å²) >= 11 is 0. The third-order valence-electron chi connectivity index (χ3n) is 5.93. The highest BCUT2D eigenvalue weighted by Crippen LogP contribution is 2.34. The van der Waals surface area contributed by atoms with Crippen LogP contribution >= 0.6 is 0 Å². The van der Waals surface area contributed by atoms with E-state index in [4.69, 9.17) is 0 Å². The molecular weight excluding hydrogens is 340 g/mol. The van der Waals surface area contributed by atoms with Crippen LogP contribution < -0.4 is 5.32 Å². The molecule has 3 atom stereocenters. The quantitative estimate of drug-likeness (QED) is 0.833. The lowest BCUT2D eigenvalue weighted by atomic mass is 9.76. The third-order valence-corrected chi connectivity index (χ3v) is 5.93. The minimum absolute atomic E-state index is 0.0221. The molecule has 148 valence electrons. The number of likely N-dealkylation sites (N-methyl/N-ethyl adjacent to an activating group) is 1. The number of amides is 2. The maximum Gasteiger partial charge on any atom is 0.317 e. The molecule has 1 saturated heterocycles. The average Bonchev–Trinajstić information content (AvgIpc) is 2.66. The van der Waals surface area contributed by atoms with Gasteiger partial charge in [0.25, 0.3) is 0 Å². The van der Waals surface area contributed by atoms with Gasteiger partial charge < -0.3 is 10.2 Å². The number of nitrogens with zero attached hydrogens (tertiary/aromatic N) is 3. The molecule has 3 rings (SSSR count). The van der Waals surface area contributed by atoms with Gasteiger partial charge in [0.05, 0.1) is 0 Å². The number of pyridine rings is 1. The number of rotatable bonds is 6. The van der Waals surface area contributed by atoms with Crippen LogP contribution in [0.1, 0.15) is 44.6 Å². The number of fused-ring (bicyclic) bond motifs is 1. The summed E-state index contributed by atoms with van der Waals surface area (Å²) in [4.78, 5) is 32.8. The van der Waals surface area contributed by atoms with Gasteiger partial charge in [0, 0.05) is 57.5 Å². The molecule has 0 unspecified atom stereocenters. The number of Topliss-reactive ketones (excluding diaryl/α,β-unsaturated/α-hetero) is 1. The van der Waals surface area contributed by atoms with E-state index in [1.165, 1.54) is 5.56 Å². The molecule has 0 aromatic carbocycles. The van der Waals surface area contributed by atoms with Crippen LogP contribution in [0.25, 0.3) is 0 Å². The molecule has 2 amide bonds. The smallest absolute Gasteiger partial charge is 0.317 e. The average molecular weight is 373 g/mol. The first-order valence-electron chi connectivity index (χ1n) is 10.2. The zero-order valence-corrected chi connectivity index (χ0v) is 16.6. The summed E-state index contributed by atoms with van der Waals surface area (Å²) in [6.45, 7) is 4.80. The van der Waals surface area contributed by atoms with Crippen LogP contribution in [0.2, 0.25) is 0 Å². The van der Waals surface area contributed by atoms with Crippen LogP contribution in [0.3, 0.4) is 0 Å². The molecule has 6 nitrogen and oxygen atoms in total. The van der Waals surface area contributed by atoms with Gasteiger partial charge in [-0.25, -0.2) is 4.79 Å². The predicted molar refractivity (Wildman–Crippen MR) is 106 cm³/mol. The number of ketones is 1. The van der Waals surface area contributed by atoms with Crippen LogP contribution in [0.4, 0.5) is 4.79 Å². The molecule has 0 spiro atoms. The molecule has 2 fully saturated rings. The lowest BCUT2D eigenvalue weighted by Crippen LogP contribution is -2.58. The van der Waals surface area contributed by atoms with Crippen molar-refractivity contribution < 1.29 is 9.59 Å². The highest BCUT2D eigenvalue weighted by Gasteiger charge is 2.39. The number of aromatic nitrogens is 1. The van der Waals surface area contributed by atoms with Crippen LogP contribution in [0, 0.1) is 5.92 Å². The molecule has 1 saturated carbocycles. The van der Waals surface area contributed by atoms with Gasteiger partial charge in [-0.15, -0.1) is 0 Å². The Morgan fingerprint density at radius 3 is 2.89 bits per heavy atom. The van der Waals surface area contributed by atoms with E-state index in [-0.39, 0.29) is 12.1 Å². The Labute approximate surface area is 162 Å². The normalized spacial score (nSPS) is 25.7. The summed E-state index contributed by atoms with van der Waals surface area (Å²) in [5, 5.41) is 3.21. The molecule has 6 heteroatoms. The van der Waals surface area contributed by atoms with Gasteiger partial charge in [0.2, 0.25) is 0 Å². The second-order valence-corrected chi connectivity index (χ2v) is 8.01. The van der Waals surface area contributed by atoms with Gasteiger partial charge in [-0.3, -0.25) is 14.7 Å². The minimum Gasteiger partial charge on any atom is -0.334 e. The maximum absolute atomic E-state index is 12.6. The predicted octanol–water partition coefficient (Wildman–Crippen LogP) is 2.49. The largest absolute Gasteiger partial charge is 0.334 e. The van der Waals surface area contributed by atoms with Crippen molar-refractivity contribution in [3.8, 4) is 0 Å². The monoisotopic (exact) mass is 372 g/mol. The van der Waals surface area contributed by atoms with E-state index in [0.717, 1.165) is 45.2 Å². The first-order valence-corrected chi connectivity index (χ1v) is 10.2. The Kier molecular flexibility index (Phi) is 6.83. The second-order valence-electron chi connectivity index (χ2n) is 8.01. The number of piperidine rings is 1. The molecule has 1 aromatic rings. The fourth-order valence-corrected chi connectivity index (χ4v) is 4.54. The first kappa shape index (κ1) is 19.8. The summed E-state index contributed by atoms with van der Waals surface area (Å²) in [6, 6.07) is 4.58. The zero-order chi connectivity index (χ0) is 19.2. The molecule has 2 heterocycles. The third kappa shape index (κ3) is 5.28. The second kappa shape index (κ2) is 9.31. The molecule has 0 radical (unpaired) electrons. The van der Waals surface area contributed by atoms with Crippen LogP contribution in [-0.4, -0.2) is 65.4 Å². The number of urea groups is 1. The summed E-state index contributed by atoms with van der Waals surface area (Å²) < 4.78 is 0. The number of hydrogen-bond acceptors (Lipinski definition) is 4. The van der Waals surface area contributed by atoms with Crippen molar-refractivity contribution in [1.29, 1.82) is 0 Å². The van der Waals surface area contributed by atoms with E-state index >= 15 is 0 Å². The van der Waals surface area contributed by atoms with E-state index < -0.39 is 0 Å². The Bertz CT molecular complexity index is 636. The van der Waals surface area contributed by atoms with E-state index in [1.54, 1.807) is 17.3 Å². The fourth-order valence-electron chi connectivity index (χ4n) is 4.54. The SMILES string of the molecule is CCCN1C[C@@H](NC(=O)N(C)CCc2ccncc2)C[C@@H]2CC(=O)CC[C@H]21. The van der Waals surface area contributed by atoms with Gasteiger partial charge >= 0.3 is 6.03 Å². The zero-order valence-electron chi connectivity index (χ0n) is 16.6. The van der Waals surface area contributed by atoms with Crippen LogP contribution in [0.15, 0.2) is 24.5 Å². The van der Waals surface area contributed by atoms with Crippen molar-refractivity contribution in [1.82, 2.24) is 20.1 Å². The van der Waals surface area contributed by atoms with E-state index in [1.807, 2.05) is 19.2 Å². The number of carbonyl (C=O) groups excluding carboxylic acids is 2. The number of hydrogen-bond donors (Lipinski definition) is 1. The van der Waals surface area contributed by atoms with Gasteiger partial charge in [-0.2, -0.15) is 0 Å². The molecule has 0 bridgehead atoms. The van der Waals surface area contributed by atoms with Crippen molar-refractivity contribution in [2.45, 2.75) is 57.5 Å². The van der Waals surface area contributed by atoms with Crippen LogP contribution in [-0.2, 0) is 11.2 Å². The molecule has 1 aliphatic heterocycles. The summed E-state index contributed by atoms with van der Waals surface area (Å²) in [6.07, 6.45) is 8.77. The van der Waals surface area contributed by atoms with Gasteiger partial charge in [0.1, 0.15) is 5.78 Å². The molecule has 2 aliphatic rings. The maximum atomic E-state index is 12.6. The molecule has 1 aromatic heterocycles. The highest BCUT2D eigenvalue weighted by atomic mass is 16.2. The summed E-state index contributed by atoms with van der Waals surface area (Å²) in [5.74, 6) is 0.771. The minimum atomic E-state index is -0.0221. The Morgan fingerprint density at radius 1 is 1.37 bits per heavy atom. The van der Waals surface area contributed by atoms with Crippen molar-refractivity contribution in [2.24, 2.45) is 5.92 Å². The van der Waals surface area contributed by atoms with Crippen LogP contribution in [0.5, 0.6) is 0 Å². The van der Waals surface area contributed by atoms with E-state index in [0.29, 0.717) is 30.7 Å². The lowest BCUT2D eigenvalue weighted by Gasteiger charge is -2.47. The topological polar surface area (TPSA) is 65.5 Å². The fraction of sp³-hybridized carbons (Fsp3) is 0.667. The van der Waals surface area contributed by atoms with Gasteiger partial charge in [-0.1, -0.05) is 6.92 Å².